The van der Waals surface area contributed by atoms with E-state index in [-0.39, 0.29) is 5.91 Å². The number of nitrogens with zero attached hydrogens (tertiary/aromatic N) is 2. The van der Waals surface area contributed by atoms with E-state index in [9.17, 15) is 4.79 Å². The van der Waals surface area contributed by atoms with E-state index in [1.807, 2.05) is 24.3 Å². The number of hydrogen-bond acceptors (Lipinski definition) is 1. The Kier molecular flexibility index (Phi) is 3.67. The minimum absolute atomic E-state index is 0.0579. The third-order valence-electron chi connectivity index (χ3n) is 3.39. The van der Waals surface area contributed by atoms with Crippen molar-refractivity contribution in [3.05, 3.63) is 52.4 Å². The fraction of sp³-hybridized carbons (Fsp3) is 0.125. The molecule has 0 spiro atoms. The number of aromatic nitrogens is 2. The van der Waals surface area contributed by atoms with Gasteiger partial charge in [-0.25, -0.2) is 8.97 Å². The number of fused-ring (bicyclic) bond motifs is 1. The van der Waals surface area contributed by atoms with Gasteiger partial charge in [-0.2, -0.15) is 0 Å². The molecule has 0 bridgehead atoms. The van der Waals surface area contributed by atoms with Crippen molar-refractivity contribution in [1.29, 1.82) is 0 Å². The van der Waals surface area contributed by atoms with Crippen LogP contribution in [0.2, 0.25) is 0 Å². The van der Waals surface area contributed by atoms with Crippen LogP contribution >= 0.6 is 22.6 Å². The lowest BCUT2D eigenvalue weighted by molar-refractivity contribution is -0.511. The lowest BCUT2D eigenvalue weighted by Gasteiger charge is -2.02. The predicted molar refractivity (Wildman–Crippen MR) is 91.0 cm³/mol. The largest absolute Gasteiger partial charge is 0.326 e. The first-order valence-electron chi connectivity index (χ1n) is 6.59. The summed E-state index contributed by atoms with van der Waals surface area (Å²) in [6.45, 7) is 1.51. The molecule has 0 atom stereocenters. The molecule has 21 heavy (non-hydrogen) atoms. The molecule has 106 valence electrons. The average molecular weight is 392 g/mol. The van der Waals surface area contributed by atoms with Crippen molar-refractivity contribution in [2.24, 2.45) is 7.05 Å². The van der Waals surface area contributed by atoms with Gasteiger partial charge in [0.2, 0.25) is 5.91 Å². The van der Waals surface area contributed by atoms with Gasteiger partial charge in [-0.15, -0.1) is 0 Å². The van der Waals surface area contributed by atoms with Crippen molar-refractivity contribution < 1.29 is 9.20 Å². The zero-order chi connectivity index (χ0) is 15.0. The molecule has 1 amide bonds. The van der Waals surface area contributed by atoms with Gasteiger partial charge in [0.25, 0.3) is 5.65 Å². The molecule has 0 radical (unpaired) electrons. The summed E-state index contributed by atoms with van der Waals surface area (Å²) in [5.41, 5.74) is 4.19. The lowest BCUT2D eigenvalue weighted by atomic mass is 10.1. The summed E-state index contributed by atoms with van der Waals surface area (Å²) in [4.78, 5) is 11.1. The van der Waals surface area contributed by atoms with E-state index in [0.29, 0.717) is 0 Å². The number of hydrogen-bond donors (Lipinski definition) is 1. The van der Waals surface area contributed by atoms with Crippen LogP contribution in [-0.2, 0) is 11.8 Å². The van der Waals surface area contributed by atoms with E-state index in [0.717, 1.165) is 22.6 Å². The van der Waals surface area contributed by atoms with Gasteiger partial charge in [-0.3, -0.25) is 4.79 Å². The number of pyridine rings is 1. The number of amides is 1. The smallest absolute Gasteiger partial charge is 0.286 e. The first-order valence-corrected chi connectivity index (χ1v) is 7.67. The predicted octanol–water partition coefficient (Wildman–Crippen LogP) is 2.99. The summed E-state index contributed by atoms with van der Waals surface area (Å²) in [6, 6.07) is 12.1. The third kappa shape index (κ3) is 2.78. The average Bonchev–Trinajstić information content (AvgIpc) is 2.75. The van der Waals surface area contributed by atoms with Crippen molar-refractivity contribution in [2.45, 2.75) is 6.92 Å². The summed E-state index contributed by atoms with van der Waals surface area (Å²) in [6.07, 6.45) is 4.22. The SMILES string of the molecule is CC(=O)Nc1ccc(-c2c[n+]3cc(I)ccc3n2C)cc1. The maximum atomic E-state index is 11.1. The van der Waals surface area contributed by atoms with Crippen LogP contribution in [0.15, 0.2) is 48.8 Å². The molecule has 0 aliphatic carbocycles. The van der Waals surface area contributed by atoms with Crippen LogP contribution in [0.25, 0.3) is 16.9 Å². The van der Waals surface area contributed by atoms with E-state index in [1.165, 1.54) is 10.5 Å². The number of benzene rings is 1. The number of nitrogens with one attached hydrogen (secondary N) is 1. The number of carbonyl (C=O) groups excluding carboxylic acids is 1. The maximum absolute atomic E-state index is 11.1. The summed E-state index contributed by atoms with van der Waals surface area (Å²) in [7, 11) is 2.05. The Morgan fingerprint density at radius 3 is 2.52 bits per heavy atom. The van der Waals surface area contributed by atoms with E-state index < -0.39 is 0 Å². The van der Waals surface area contributed by atoms with Crippen LogP contribution in [-0.4, -0.2) is 10.5 Å². The number of halogens is 1. The van der Waals surface area contributed by atoms with Gasteiger partial charge in [-0.05, 0) is 52.9 Å². The number of carbonyl (C=O) groups is 1. The molecule has 0 aliphatic heterocycles. The molecule has 1 N–H and O–H groups in total. The normalized spacial score (nSPS) is 10.8. The van der Waals surface area contributed by atoms with Gasteiger partial charge >= 0.3 is 0 Å². The molecule has 3 aromatic rings. The zero-order valence-electron chi connectivity index (χ0n) is 11.8. The molecule has 0 saturated heterocycles. The van der Waals surface area contributed by atoms with Gasteiger partial charge in [0.1, 0.15) is 12.4 Å². The third-order valence-corrected chi connectivity index (χ3v) is 4.02. The van der Waals surface area contributed by atoms with Gasteiger partial charge in [0.05, 0.1) is 10.6 Å². The van der Waals surface area contributed by atoms with Crippen LogP contribution in [0.3, 0.4) is 0 Å². The van der Waals surface area contributed by atoms with Gasteiger partial charge < -0.3 is 5.32 Å². The van der Waals surface area contributed by atoms with Crippen LogP contribution in [0, 0.1) is 3.57 Å². The van der Waals surface area contributed by atoms with E-state index in [4.69, 9.17) is 0 Å². The quantitative estimate of drug-likeness (QED) is 0.529. The molecule has 5 heteroatoms. The minimum Gasteiger partial charge on any atom is -0.326 e. The molecule has 0 fully saturated rings. The number of aryl methyl sites for hydroxylation is 1. The molecule has 2 aromatic heterocycles. The highest BCUT2D eigenvalue weighted by Gasteiger charge is 2.15. The molecule has 1 aromatic carbocycles. The molecule has 0 saturated carbocycles. The van der Waals surface area contributed by atoms with E-state index >= 15 is 0 Å². The highest BCUT2D eigenvalue weighted by Crippen LogP contribution is 2.22. The second-order valence-corrected chi connectivity index (χ2v) is 6.19. The molecule has 0 aliphatic rings. The topological polar surface area (TPSA) is 38.1 Å². The number of imidazole rings is 1. The van der Waals surface area contributed by atoms with Crippen molar-refractivity contribution >= 4 is 39.8 Å². The Hall–Kier alpha value is -1.89. The molecular formula is C16H15IN3O+. The summed E-state index contributed by atoms with van der Waals surface area (Å²) in [5, 5.41) is 2.78. The van der Waals surface area contributed by atoms with E-state index in [1.54, 1.807) is 0 Å². The Morgan fingerprint density at radius 1 is 1.14 bits per heavy atom. The maximum Gasteiger partial charge on any atom is 0.286 e. The molecular weight excluding hydrogens is 377 g/mol. The van der Waals surface area contributed by atoms with Crippen LogP contribution < -0.4 is 9.72 Å². The summed E-state index contributed by atoms with van der Waals surface area (Å²) < 4.78 is 5.48. The lowest BCUT2D eigenvalue weighted by Crippen LogP contribution is -2.18. The fourth-order valence-corrected chi connectivity index (χ4v) is 2.89. The Balaban J connectivity index is 2.03. The number of rotatable bonds is 2. The van der Waals surface area contributed by atoms with Crippen LogP contribution in [0.5, 0.6) is 0 Å². The molecule has 2 heterocycles. The highest BCUT2D eigenvalue weighted by molar-refractivity contribution is 14.1. The zero-order valence-corrected chi connectivity index (χ0v) is 14.0. The summed E-state index contributed by atoms with van der Waals surface area (Å²) in [5.74, 6) is -0.0579. The van der Waals surface area contributed by atoms with E-state index in [2.05, 4.69) is 68.4 Å². The van der Waals surface area contributed by atoms with Gasteiger partial charge in [0, 0.05) is 24.2 Å². The molecule has 3 rings (SSSR count). The molecule has 0 unspecified atom stereocenters. The van der Waals surface area contributed by atoms with Crippen LogP contribution in [0.4, 0.5) is 5.69 Å². The van der Waals surface area contributed by atoms with Crippen molar-refractivity contribution in [1.82, 2.24) is 4.57 Å². The van der Waals surface area contributed by atoms with Crippen LogP contribution in [0.1, 0.15) is 6.92 Å². The second-order valence-electron chi connectivity index (χ2n) is 4.94. The number of anilines is 1. The fourth-order valence-electron chi connectivity index (χ4n) is 2.41. The van der Waals surface area contributed by atoms with Crippen molar-refractivity contribution in [2.75, 3.05) is 5.32 Å². The molecule has 4 nitrogen and oxygen atoms in total. The van der Waals surface area contributed by atoms with Gasteiger partial charge in [0.15, 0.2) is 5.69 Å². The Morgan fingerprint density at radius 2 is 1.86 bits per heavy atom. The monoisotopic (exact) mass is 392 g/mol. The first kappa shape index (κ1) is 14.1. The van der Waals surface area contributed by atoms with Crippen molar-refractivity contribution in [3.8, 4) is 11.3 Å². The van der Waals surface area contributed by atoms with Gasteiger partial charge in [-0.1, -0.05) is 0 Å². The highest BCUT2D eigenvalue weighted by atomic mass is 127. The summed E-state index contributed by atoms with van der Waals surface area (Å²) >= 11 is 2.31. The minimum atomic E-state index is -0.0579. The Labute approximate surface area is 136 Å². The van der Waals surface area contributed by atoms with Crippen molar-refractivity contribution in [3.63, 3.8) is 0 Å². The standard InChI is InChI=1S/C16H14IN3O/c1-11(21)18-14-6-3-12(4-7-14)15-10-20-9-13(17)5-8-16(20)19(15)2/h3-10H,1-2H3/p+1. The Bertz CT molecular complexity index is 821. The first-order chi connectivity index (χ1) is 10.0. The second kappa shape index (κ2) is 5.48.